The molecule has 0 radical (unpaired) electrons. The maximum Gasteiger partial charge on any atom is 0.410 e. The number of hydrogen-bond acceptors (Lipinski definition) is 9. The predicted octanol–water partition coefficient (Wildman–Crippen LogP) is 4.02. The largest absolute Gasteiger partial charge is 0.472 e. The Labute approximate surface area is 214 Å². The Morgan fingerprint density at radius 3 is 2.39 bits per heavy atom. The van der Waals surface area contributed by atoms with Crippen molar-refractivity contribution >= 4 is 37.5 Å². The van der Waals surface area contributed by atoms with Gasteiger partial charge < -0.3 is 19.1 Å². The van der Waals surface area contributed by atoms with Crippen molar-refractivity contribution < 1.29 is 27.4 Å². The highest BCUT2D eigenvalue weighted by Gasteiger charge is 2.44. The number of rotatable bonds is 4. The predicted molar refractivity (Wildman–Crippen MR) is 136 cm³/mol. The van der Waals surface area contributed by atoms with E-state index in [9.17, 15) is 13.2 Å². The Bertz CT molecular complexity index is 1370. The molecule has 0 spiro atoms. The van der Waals surface area contributed by atoms with Crippen LogP contribution in [0.4, 0.5) is 4.79 Å². The minimum absolute atomic E-state index is 0.00185. The minimum atomic E-state index is -3.27. The molecule has 0 N–H and O–H groups in total. The maximum atomic E-state index is 12.7. The minimum Gasteiger partial charge on any atom is -0.472 e. The van der Waals surface area contributed by atoms with E-state index >= 15 is 0 Å². The fourth-order valence-corrected chi connectivity index (χ4v) is 6.29. The smallest absolute Gasteiger partial charge is 0.410 e. The summed E-state index contributed by atoms with van der Waals surface area (Å²) in [7, 11) is -3.27. The van der Waals surface area contributed by atoms with Gasteiger partial charge in [0.1, 0.15) is 22.7 Å². The second-order valence-corrected chi connectivity index (χ2v) is 13.2. The van der Waals surface area contributed by atoms with Crippen LogP contribution < -0.4 is 4.74 Å². The number of carbonyl (C=O) groups is 1. The number of sulfone groups is 1. The summed E-state index contributed by atoms with van der Waals surface area (Å²) in [5, 5.41) is 1.98. The summed E-state index contributed by atoms with van der Waals surface area (Å²) in [5.41, 5.74) is 1.97. The van der Waals surface area contributed by atoms with E-state index in [2.05, 4.69) is 9.97 Å². The third kappa shape index (κ3) is 5.05. The Kier molecular flexibility index (Phi) is 6.42. The molecule has 2 aliphatic rings. The summed E-state index contributed by atoms with van der Waals surface area (Å²) in [6, 6.07) is 6.78. The Balaban J connectivity index is 1.38. The zero-order valence-electron chi connectivity index (χ0n) is 20.6. The van der Waals surface area contributed by atoms with Gasteiger partial charge >= 0.3 is 6.09 Å². The van der Waals surface area contributed by atoms with E-state index < -0.39 is 15.4 Å². The molecule has 3 aromatic rings. The lowest BCUT2D eigenvalue weighted by molar-refractivity contribution is -0.112. The first-order valence-electron chi connectivity index (χ1n) is 11.7. The standard InChI is InChI=1S/C25H29N3O6S2/c1-25(2,3)34-24(29)28-9-16-11-32-12-17(10-28)21(16)33-23-22-20(26-14-27-23)19(13-35-22)15-5-7-18(8-6-15)36(4,30)31/h5-8,13-14,16-17,21H,9-12H2,1-4H3. The van der Waals surface area contributed by atoms with Crippen molar-refractivity contribution in [3.8, 4) is 17.0 Å². The van der Waals surface area contributed by atoms with Crippen LogP contribution in [0.15, 0.2) is 40.9 Å². The van der Waals surface area contributed by atoms with Crippen LogP contribution in [-0.2, 0) is 19.3 Å². The van der Waals surface area contributed by atoms with Crippen LogP contribution >= 0.6 is 11.3 Å². The molecule has 36 heavy (non-hydrogen) atoms. The average molecular weight is 532 g/mol. The topological polar surface area (TPSA) is 108 Å². The molecule has 192 valence electrons. The van der Waals surface area contributed by atoms with Crippen LogP contribution in [0.25, 0.3) is 21.3 Å². The molecule has 9 nitrogen and oxygen atoms in total. The summed E-state index contributed by atoms with van der Waals surface area (Å²) in [6.45, 7) is 7.56. The summed E-state index contributed by atoms with van der Waals surface area (Å²) in [5.74, 6) is 0.507. The highest BCUT2D eigenvalue weighted by atomic mass is 32.2. The number of amides is 1. The van der Waals surface area contributed by atoms with Crippen LogP contribution in [-0.4, -0.2) is 73.6 Å². The van der Waals surface area contributed by atoms with Crippen molar-refractivity contribution in [1.29, 1.82) is 0 Å². The number of ether oxygens (including phenoxy) is 3. The molecule has 0 aliphatic carbocycles. The molecule has 2 saturated heterocycles. The number of thiophene rings is 1. The molecular weight excluding hydrogens is 502 g/mol. The number of benzene rings is 1. The Morgan fingerprint density at radius 2 is 1.78 bits per heavy atom. The van der Waals surface area contributed by atoms with Crippen LogP contribution in [0.2, 0.25) is 0 Å². The van der Waals surface area contributed by atoms with Crippen molar-refractivity contribution in [2.24, 2.45) is 11.8 Å². The van der Waals surface area contributed by atoms with Crippen molar-refractivity contribution in [3.05, 3.63) is 36.0 Å². The van der Waals surface area contributed by atoms with E-state index in [1.54, 1.807) is 29.2 Å². The van der Waals surface area contributed by atoms with Gasteiger partial charge in [0.15, 0.2) is 9.84 Å². The lowest BCUT2D eigenvalue weighted by atomic mass is 9.84. The van der Waals surface area contributed by atoms with Gasteiger partial charge in [-0.3, -0.25) is 0 Å². The van der Waals surface area contributed by atoms with E-state index in [1.807, 2.05) is 26.2 Å². The fourth-order valence-electron chi connectivity index (χ4n) is 4.70. The van der Waals surface area contributed by atoms with Crippen molar-refractivity contribution in [2.75, 3.05) is 32.6 Å². The van der Waals surface area contributed by atoms with Gasteiger partial charge in [0, 0.05) is 42.1 Å². The molecule has 1 aromatic carbocycles. The monoisotopic (exact) mass is 531 g/mol. The van der Waals surface area contributed by atoms with Crippen molar-refractivity contribution in [2.45, 2.75) is 37.4 Å². The van der Waals surface area contributed by atoms with Gasteiger partial charge in [0.25, 0.3) is 0 Å². The van der Waals surface area contributed by atoms with Crippen molar-refractivity contribution in [1.82, 2.24) is 14.9 Å². The number of fused-ring (bicyclic) bond motifs is 3. The molecule has 2 fully saturated rings. The Hall–Kier alpha value is -2.76. The van der Waals surface area contributed by atoms with Crippen LogP contribution in [0.1, 0.15) is 20.8 Å². The number of piperidine rings is 1. The third-order valence-corrected chi connectivity index (χ3v) is 8.40. The molecule has 0 saturated carbocycles. The highest BCUT2D eigenvalue weighted by Crippen LogP contribution is 2.39. The number of aromatic nitrogens is 2. The molecule has 5 rings (SSSR count). The lowest BCUT2D eigenvalue weighted by Gasteiger charge is -2.46. The summed E-state index contributed by atoms with van der Waals surface area (Å²) >= 11 is 1.49. The second kappa shape index (κ2) is 9.28. The number of hydrogen-bond donors (Lipinski definition) is 0. The normalized spacial score (nSPS) is 22.4. The number of carbonyl (C=O) groups excluding carboxylic acids is 1. The van der Waals surface area contributed by atoms with Gasteiger partial charge in [-0.1, -0.05) is 12.1 Å². The molecule has 2 atom stereocenters. The quantitative estimate of drug-likeness (QED) is 0.497. The molecule has 1 amide bonds. The molecule has 11 heteroatoms. The SMILES string of the molecule is CC(C)(C)OC(=O)N1CC2COCC(C1)C2Oc1ncnc2c(-c3ccc(S(C)(=O)=O)cc3)csc12. The first-order chi connectivity index (χ1) is 17.0. The Morgan fingerprint density at radius 1 is 1.11 bits per heavy atom. The van der Waals surface area contributed by atoms with Gasteiger partial charge in [-0.2, -0.15) is 0 Å². The zero-order chi connectivity index (χ0) is 25.7. The third-order valence-electron chi connectivity index (χ3n) is 6.32. The summed E-state index contributed by atoms with van der Waals surface area (Å²) in [6.07, 6.45) is 2.22. The molecule has 4 heterocycles. The highest BCUT2D eigenvalue weighted by molar-refractivity contribution is 7.90. The molecule has 2 bridgehead atoms. The first kappa shape index (κ1) is 24.9. The average Bonchev–Trinajstić information content (AvgIpc) is 3.22. The van der Waals surface area contributed by atoms with Crippen molar-refractivity contribution in [3.63, 3.8) is 0 Å². The van der Waals surface area contributed by atoms with E-state index in [4.69, 9.17) is 14.2 Å². The summed E-state index contributed by atoms with van der Waals surface area (Å²) in [4.78, 5) is 23.6. The van der Waals surface area contributed by atoms with E-state index in [-0.39, 0.29) is 28.9 Å². The van der Waals surface area contributed by atoms with Gasteiger partial charge in [-0.15, -0.1) is 11.3 Å². The molecule has 2 unspecified atom stereocenters. The lowest BCUT2D eigenvalue weighted by Crippen LogP contribution is -2.59. The first-order valence-corrected chi connectivity index (χ1v) is 14.5. The molecule has 2 aliphatic heterocycles. The van der Waals surface area contributed by atoms with Crippen LogP contribution in [0, 0.1) is 11.8 Å². The van der Waals surface area contributed by atoms with E-state index in [1.165, 1.54) is 23.9 Å². The fraction of sp³-hybridized carbons (Fsp3) is 0.480. The van der Waals surface area contributed by atoms with Gasteiger partial charge in [-0.25, -0.2) is 23.2 Å². The van der Waals surface area contributed by atoms with Gasteiger partial charge in [0.05, 0.1) is 23.6 Å². The van der Waals surface area contributed by atoms with Gasteiger partial charge in [-0.05, 0) is 38.5 Å². The van der Waals surface area contributed by atoms with Crippen LogP contribution in [0.5, 0.6) is 5.88 Å². The summed E-state index contributed by atoms with van der Waals surface area (Å²) < 4.78 is 42.3. The number of likely N-dealkylation sites (tertiary alicyclic amines) is 1. The number of nitrogens with zero attached hydrogens (tertiary/aromatic N) is 3. The molecule has 2 aromatic heterocycles. The van der Waals surface area contributed by atoms with E-state index in [0.29, 0.717) is 32.2 Å². The zero-order valence-corrected chi connectivity index (χ0v) is 22.3. The van der Waals surface area contributed by atoms with Crippen LogP contribution in [0.3, 0.4) is 0 Å². The molecular formula is C25H29N3O6S2. The van der Waals surface area contributed by atoms with E-state index in [0.717, 1.165) is 21.3 Å². The maximum absolute atomic E-state index is 12.7. The van der Waals surface area contributed by atoms with Gasteiger partial charge in [0.2, 0.25) is 5.88 Å². The second-order valence-electron chi connectivity index (χ2n) is 10.3.